The molecule has 0 saturated heterocycles. The van der Waals surface area contributed by atoms with Gasteiger partial charge in [-0.25, -0.2) is 0 Å². The van der Waals surface area contributed by atoms with Crippen molar-refractivity contribution in [3.8, 4) is 0 Å². The summed E-state index contributed by atoms with van der Waals surface area (Å²) in [5, 5.41) is 0. The molecule has 94 valence electrons. The van der Waals surface area contributed by atoms with Crippen LogP contribution in [0.2, 0.25) is 0 Å². The van der Waals surface area contributed by atoms with Gasteiger partial charge in [0.2, 0.25) is 0 Å². The Balaban J connectivity index is 3.28. The first-order chi connectivity index (χ1) is 8.13. The summed E-state index contributed by atoms with van der Waals surface area (Å²) in [6.45, 7) is 9.00. The predicted octanol–water partition coefficient (Wildman–Crippen LogP) is 6.13. The zero-order valence-electron chi connectivity index (χ0n) is 11.4. The molecule has 1 aromatic rings. The van der Waals surface area contributed by atoms with Gasteiger partial charge in [0.1, 0.15) is 0 Å². The molecule has 0 aromatic heterocycles. The Morgan fingerprint density at radius 1 is 1.12 bits per heavy atom. The summed E-state index contributed by atoms with van der Waals surface area (Å²) < 4.78 is 1.18. The van der Waals surface area contributed by atoms with Gasteiger partial charge in [0.15, 0.2) is 0 Å². The fourth-order valence-electron chi connectivity index (χ4n) is 2.39. The van der Waals surface area contributed by atoms with Gasteiger partial charge in [-0.05, 0) is 55.0 Å². The standard InChI is InChI=1S/C16H23Br/c1-5-8-13(6-2)15(7-3)16-11-14(17)10-9-12(16)4/h9-11H,5-8H2,1-4H3/b15-13+. The summed E-state index contributed by atoms with van der Waals surface area (Å²) in [5.74, 6) is 0. The van der Waals surface area contributed by atoms with Crippen LogP contribution in [0.3, 0.4) is 0 Å². The van der Waals surface area contributed by atoms with Crippen molar-refractivity contribution in [2.45, 2.75) is 53.4 Å². The van der Waals surface area contributed by atoms with Crippen LogP contribution in [0.25, 0.3) is 5.57 Å². The van der Waals surface area contributed by atoms with Crippen LogP contribution >= 0.6 is 15.9 Å². The molecule has 0 amide bonds. The SMILES string of the molecule is CCC/C(CC)=C(\CC)c1cc(Br)ccc1C. The van der Waals surface area contributed by atoms with Crippen LogP contribution in [0.4, 0.5) is 0 Å². The molecule has 0 unspecified atom stereocenters. The van der Waals surface area contributed by atoms with Crippen molar-refractivity contribution >= 4 is 21.5 Å². The van der Waals surface area contributed by atoms with Crippen molar-refractivity contribution < 1.29 is 0 Å². The Labute approximate surface area is 114 Å². The number of rotatable bonds is 5. The smallest absolute Gasteiger partial charge is 0.0181 e. The van der Waals surface area contributed by atoms with Crippen LogP contribution in [-0.2, 0) is 0 Å². The Morgan fingerprint density at radius 3 is 2.35 bits per heavy atom. The monoisotopic (exact) mass is 294 g/mol. The van der Waals surface area contributed by atoms with Gasteiger partial charge in [-0.15, -0.1) is 0 Å². The molecule has 17 heavy (non-hydrogen) atoms. The zero-order valence-corrected chi connectivity index (χ0v) is 13.0. The molecule has 0 aliphatic heterocycles. The van der Waals surface area contributed by atoms with E-state index in [9.17, 15) is 0 Å². The van der Waals surface area contributed by atoms with Crippen LogP contribution in [-0.4, -0.2) is 0 Å². The predicted molar refractivity (Wildman–Crippen MR) is 81.3 cm³/mol. The van der Waals surface area contributed by atoms with Gasteiger partial charge in [-0.1, -0.05) is 54.8 Å². The van der Waals surface area contributed by atoms with Crippen molar-refractivity contribution in [1.29, 1.82) is 0 Å². The molecule has 0 heterocycles. The summed E-state index contributed by atoms with van der Waals surface area (Å²) in [4.78, 5) is 0. The molecule has 0 atom stereocenters. The lowest BCUT2D eigenvalue weighted by Gasteiger charge is -2.15. The summed E-state index contributed by atoms with van der Waals surface area (Å²) in [7, 11) is 0. The minimum atomic E-state index is 1.13. The van der Waals surface area contributed by atoms with E-state index in [1.165, 1.54) is 34.9 Å². The van der Waals surface area contributed by atoms with Crippen LogP contribution in [0.1, 0.15) is 57.6 Å². The summed E-state index contributed by atoms with van der Waals surface area (Å²) in [6.07, 6.45) is 4.76. The van der Waals surface area contributed by atoms with Gasteiger partial charge in [-0.3, -0.25) is 0 Å². The molecule has 0 bridgehead atoms. The molecule has 1 heteroatoms. The summed E-state index contributed by atoms with van der Waals surface area (Å²) in [5.41, 5.74) is 5.98. The number of halogens is 1. The molecule has 0 spiro atoms. The van der Waals surface area contributed by atoms with Crippen molar-refractivity contribution in [1.82, 2.24) is 0 Å². The maximum absolute atomic E-state index is 3.58. The van der Waals surface area contributed by atoms with E-state index in [4.69, 9.17) is 0 Å². The van der Waals surface area contributed by atoms with Crippen LogP contribution in [0, 0.1) is 6.92 Å². The largest absolute Gasteiger partial charge is 0.0667 e. The van der Waals surface area contributed by atoms with E-state index in [2.05, 4.69) is 61.8 Å². The van der Waals surface area contributed by atoms with Gasteiger partial charge in [-0.2, -0.15) is 0 Å². The van der Waals surface area contributed by atoms with Gasteiger partial charge < -0.3 is 0 Å². The highest BCUT2D eigenvalue weighted by molar-refractivity contribution is 9.10. The third-order valence-corrected chi connectivity index (χ3v) is 3.78. The molecule has 0 N–H and O–H groups in total. The number of hydrogen-bond acceptors (Lipinski definition) is 0. The maximum Gasteiger partial charge on any atom is 0.0181 e. The molecular formula is C16H23Br. The quantitative estimate of drug-likeness (QED) is 0.613. The van der Waals surface area contributed by atoms with Crippen molar-refractivity contribution in [2.24, 2.45) is 0 Å². The topological polar surface area (TPSA) is 0 Å². The van der Waals surface area contributed by atoms with E-state index in [-0.39, 0.29) is 0 Å². The average Bonchev–Trinajstić information content (AvgIpc) is 2.33. The first-order valence-electron chi connectivity index (χ1n) is 6.61. The molecule has 0 aliphatic carbocycles. The molecule has 1 rings (SSSR count). The molecule has 0 fully saturated rings. The van der Waals surface area contributed by atoms with Crippen molar-refractivity contribution in [2.75, 3.05) is 0 Å². The first kappa shape index (κ1) is 14.5. The van der Waals surface area contributed by atoms with Gasteiger partial charge >= 0.3 is 0 Å². The molecule has 0 nitrogen and oxygen atoms in total. The second-order valence-corrected chi connectivity index (χ2v) is 5.41. The van der Waals surface area contributed by atoms with Crippen LogP contribution < -0.4 is 0 Å². The van der Waals surface area contributed by atoms with E-state index in [0.717, 1.165) is 6.42 Å². The number of allylic oxidation sites excluding steroid dienone is 2. The maximum atomic E-state index is 3.58. The highest BCUT2D eigenvalue weighted by Gasteiger charge is 2.09. The van der Waals surface area contributed by atoms with E-state index in [1.807, 2.05) is 0 Å². The minimum absolute atomic E-state index is 1.13. The second kappa shape index (κ2) is 7.00. The normalized spacial score (nSPS) is 12.5. The summed E-state index contributed by atoms with van der Waals surface area (Å²) in [6, 6.07) is 6.59. The average molecular weight is 295 g/mol. The zero-order chi connectivity index (χ0) is 12.8. The molecule has 0 radical (unpaired) electrons. The Hall–Kier alpha value is -0.560. The fourth-order valence-corrected chi connectivity index (χ4v) is 2.75. The van der Waals surface area contributed by atoms with E-state index >= 15 is 0 Å². The molecule has 1 aromatic carbocycles. The second-order valence-electron chi connectivity index (χ2n) is 4.50. The first-order valence-corrected chi connectivity index (χ1v) is 7.40. The highest BCUT2D eigenvalue weighted by Crippen LogP contribution is 2.31. The van der Waals surface area contributed by atoms with Gasteiger partial charge in [0.05, 0.1) is 0 Å². The third-order valence-electron chi connectivity index (χ3n) is 3.28. The minimum Gasteiger partial charge on any atom is -0.0667 e. The van der Waals surface area contributed by atoms with Crippen LogP contribution in [0.5, 0.6) is 0 Å². The number of benzene rings is 1. The Kier molecular flexibility index (Phi) is 5.97. The van der Waals surface area contributed by atoms with E-state index in [1.54, 1.807) is 11.1 Å². The number of hydrogen-bond donors (Lipinski definition) is 0. The van der Waals surface area contributed by atoms with E-state index in [0.29, 0.717) is 0 Å². The fraction of sp³-hybridized carbons (Fsp3) is 0.500. The Bertz CT molecular complexity index is 402. The number of aryl methyl sites for hydroxylation is 1. The lowest BCUT2D eigenvalue weighted by Crippen LogP contribution is -1.94. The van der Waals surface area contributed by atoms with Crippen molar-refractivity contribution in [3.05, 3.63) is 39.4 Å². The van der Waals surface area contributed by atoms with Gasteiger partial charge in [0.25, 0.3) is 0 Å². The van der Waals surface area contributed by atoms with Crippen LogP contribution in [0.15, 0.2) is 28.2 Å². The van der Waals surface area contributed by atoms with E-state index < -0.39 is 0 Å². The third kappa shape index (κ3) is 3.70. The molecular weight excluding hydrogens is 272 g/mol. The van der Waals surface area contributed by atoms with Gasteiger partial charge in [0, 0.05) is 4.47 Å². The molecule has 0 aliphatic rings. The summed E-state index contributed by atoms with van der Waals surface area (Å²) >= 11 is 3.58. The lowest BCUT2D eigenvalue weighted by molar-refractivity contribution is 0.855. The highest BCUT2D eigenvalue weighted by atomic mass is 79.9. The Morgan fingerprint density at radius 2 is 1.82 bits per heavy atom. The molecule has 0 saturated carbocycles. The van der Waals surface area contributed by atoms with Crippen molar-refractivity contribution in [3.63, 3.8) is 0 Å². The lowest BCUT2D eigenvalue weighted by atomic mass is 9.91.